The third-order valence-electron chi connectivity index (χ3n) is 5.60. The van der Waals surface area contributed by atoms with E-state index in [1.807, 2.05) is 72.5 Å². The first-order valence-corrected chi connectivity index (χ1v) is 10.5. The number of ether oxygens (including phenoxy) is 2. The molecule has 6 heteroatoms. The molecule has 0 radical (unpaired) electrons. The lowest BCUT2D eigenvalue weighted by molar-refractivity contribution is 0.193. The van der Waals surface area contributed by atoms with Gasteiger partial charge in [0, 0.05) is 17.3 Å². The van der Waals surface area contributed by atoms with E-state index in [-0.39, 0.29) is 12.1 Å². The summed E-state index contributed by atoms with van der Waals surface area (Å²) in [4.78, 5) is 15.2. The highest BCUT2D eigenvalue weighted by Gasteiger charge is 2.33. The Morgan fingerprint density at radius 2 is 1.74 bits per heavy atom. The number of halogens is 1. The lowest BCUT2D eigenvalue weighted by atomic mass is 9.88. The Balaban J connectivity index is 1.76. The molecule has 0 aromatic heterocycles. The molecule has 0 aliphatic carbocycles. The fourth-order valence-electron chi connectivity index (χ4n) is 4.03. The quantitative estimate of drug-likeness (QED) is 0.558. The van der Waals surface area contributed by atoms with Gasteiger partial charge in [0.25, 0.3) is 0 Å². The van der Waals surface area contributed by atoms with E-state index >= 15 is 0 Å². The molecule has 0 fully saturated rings. The van der Waals surface area contributed by atoms with Gasteiger partial charge in [0.1, 0.15) is 0 Å². The van der Waals surface area contributed by atoms with Crippen LogP contribution < -0.4 is 14.8 Å². The number of hydrogen-bond acceptors (Lipinski definition) is 3. The Labute approximate surface area is 187 Å². The molecule has 2 amide bonds. The van der Waals surface area contributed by atoms with Crippen molar-refractivity contribution in [2.45, 2.75) is 19.4 Å². The second-order valence-electron chi connectivity index (χ2n) is 7.60. The van der Waals surface area contributed by atoms with Gasteiger partial charge in [0.05, 0.1) is 20.3 Å². The van der Waals surface area contributed by atoms with Crippen molar-refractivity contribution in [3.8, 4) is 11.5 Å². The molecule has 0 spiro atoms. The maximum atomic E-state index is 13.3. The molecule has 0 bridgehead atoms. The molecule has 1 heterocycles. The number of rotatable bonds is 4. The van der Waals surface area contributed by atoms with E-state index in [1.165, 1.54) is 0 Å². The molecule has 3 aromatic carbocycles. The molecule has 1 aliphatic rings. The maximum absolute atomic E-state index is 13.3. The SMILES string of the molecule is COc1cc2c(cc1OC)[C@H](c1cccc(Cl)c1)N(C(=O)Nc1ccc(C)cc1)CC2. The van der Waals surface area contributed by atoms with Gasteiger partial charge in [-0.15, -0.1) is 0 Å². The summed E-state index contributed by atoms with van der Waals surface area (Å²) in [6.07, 6.45) is 0.716. The Bertz CT molecular complexity index is 1100. The molecule has 3 aromatic rings. The summed E-state index contributed by atoms with van der Waals surface area (Å²) in [5.41, 5.74) is 4.98. The van der Waals surface area contributed by atoms with Crippen LogP contribution in [-0.2, 0) is 6.42 Å². The highest BCUT2D eigenvalue weighted by atomic mass is 35.5. The zero-order valence-corrected chi connectivity index (χ0v) is 18.6. The molecule has 0 saturated carbocycles. The summed E-state index contributed by atoms with van der Waals surface area (Å²) in [7, 11) is 3.24. The Kier molecular flexibility index (Phi) is 6.05. The number of amides is 2. The lowest BCUT2D eigenvalue weighted by Gasteiger charge is -2.38. The molecule has 1 aliphatic heterocycles. The summed E-state index contributed by atoms with van der Waals surface area (Å²) in [5.74, 6) is 1.32. The van der Waals surface area contributed by atoms with Crippen molar-refractivity contribution in [1.29, 1.82) is 0 Å². The van der Waals surface area contributed by atoms with Crippen LogP contribution in [0, 0.1) is 6.92 Å². The summed E-state index contributed by atoms with van der Waals surface area (Å²) >= 11 is 6.31. The monoisotopic (exact) mass is 436 g/mol. The molecule has 160 valence electrons. The average molecular weight is 437 g/mol. The fourth-order valence-corrected chi connectivity index (χ4v) is 4.23. The minimum Gasteiger partial charge on any atom is -0.493 e. The van der Waals surface area contributed by atoms with Crippen LogP contribution in [0.5, 0.6) is 11.5 Å². The van der Waals surface area contributed by atoms with Gasteiger partial charge in [0.2, 0.25) is 0 Å². The van der Waals surface area contributed by atoms with Crippen molar-refractivity contribution in [2.24, 2.45) is 0 Å². The van der Waals surface area contributed by atoms with Crippen LogP contribution in [0.1, 0.15) is 28.3 Å². The third-order valence-corrected chi connectivity index (χ3v) is 5.84. The van der Waals surface area contributed by atoms with Crippen LogP contribution in [-0.4, -0.2) is 31.7 Å². The van der Waals surface area contributed by atoms with Gasteiger partial charge in [-0.05, 0) is 66.4 Å². The second kappa shape index (κ2) is 8.90. The van der Waals surface area contributed by atoms with E-state index in [0.717, 1.165) is 27.9 Å². The second-order valence-corrected chi connectivity index (χ2v) is 8.04. The number of carbonyl (C=O) groups is 1. The van der Waals surface area contributed by atoms with Crippen molar-refractivity contribution in [2.75, 3.05) is 26.1 Å². The first-order chi connectivity index (χ1) is 15.0. The molecular weight excluding hydrogens is 412 g/mol. The minimum atomic E-state index is -0.298. The number of methoxy groups -OCH3 is 2. The van der Waals surface area contributed by atoms with Gasteiger partial charge >= 0.3 is 6.03 Å². The van der Waals surface area contributed by atoms with Crippen molar-refractivity contribution >= 4 is 23.3 Å². The number of anilines is 1. The van der Waals surface area contributed by atoms with E-state index in [0.29, 0.717) is 29.5 Å². The number of urea groups is 1. The van der Waals surface area contributed by atoms with Crippen LogP contribution in [0.25, 0.3) is 0 Å². The lowest BCUT2D eigenvalue weighted by Crippen LogP contribution is -2.43. The van der Waals surface area contributed by atoms with E-state index < -0.39 is 0 Å². The molecular formula is C25H25ClN2O3. The van der Waals surface area contributed by atoms with Crippen LogP contribution in [0.15, 0.2) is 60.7 Å². The Morgan fingerprint density at radius 1 is 1.03 bits per heavy atom. The first-order valence-electron chi connectivity index (χ1n) is 10.1. The molecule has 31 heavy (non-hydrogen) atoms. The van der Waals surface area contributed by atoms with E-state index in [1.54, 1.807) is 14.2 Å². The fraction of sp³-hybridized carbons (Fsp3) is 0.240. The Hall–Kier alpha value is -3.18. The smallest absolute Gasteiger partial charge is 0.322 e. The number of nitrogens with zero attached hydrogens (tertiary/aromatic N) is 1. The third kappa shape index (κ3) is 4.32. The number of fused-ring (bicyclic) bond motifs is 1. The van der Waals surface area contributed by atoms with Crippen molar-refractivity contribution in [3.05, 3.63) is 87.9 Å². The number of aryl methyl sites for hydroxylation is 1. The normalized spacial score (nSPS) is 15.2. The minimum absolute atomic E-state index is 0.158. The highest BCUT2D eigenvalue weighted by Crippen LogP contribution is 2.41. The average Bonchev–Trinajstić information content (AvgIpc) is 2.78. The summed E-state index contributed by atoms with van der Waals surface area (Å²) in [6.45, 7) is 2.58. The van der Waals surface area contributed by atoms with Gasteiger partial charge in [-0.25, -0.2) is 4.79 Å². The maximum Gasteiger partial charge on any atom is 0.322 e. The predicted octanol–water partition coefficient (Wildman–Crippen LogP) is 5.85. The van der Waals surface area contributed by atoms with E-state index in [9.17, 15) is 4.79 Å². The van der Waals surface area contributed by atoms with Gasteiger partial charge < -0.3 is 19.7 Å². The zero-order chi connectivity index (χ0) is 22.0. The highest BCUT2D eigenvalue weighted by molar-refractivity contribution is 6.30. The van der Waals surface area contributed by atoms with Crippen molar-refractivity contribution < 1.29 is 14.3 Å². The zero-order valence-electron chi connectivity index (χ0n) is 17.8. The molecule has 0 unspecified atom stereocenters. The number of benzene rings is 3. The van der Waals surface area contributed by atoms with Crippen molar-refractivity contribution in [3.63, 3.8) is 0 Å². The summed E-state index contributed by atoms with van der Waals surface area (Å²) in [6, 6.07) is 18.9. The van der Waals surface area contributed by atoms with Crippen LogP contribution in [0.4, 0.5) is 10.5 Å². The van der Waals surface area contributed by atoms with Gasteiger partial charge in [-0.1, -0.05) is 41.4 Å². The van der Waals surface area contributed by atoms with E-state index in [4.69, 9.17) is 21.1 Å². The van der Waals surface area contributed by atoms with Gasteiger partial charge in [-0.3, -0.25) is 0 Å². The first kappa shape index (κ1) is 21.1. The summed E-state index contributed by atoms with van der Waals surface area (Å²) in [5, 5.41) is 3.66. The van der Waals surface area contributed by atoms with Crippen LogP contribution >= 0.6 is 11.6 Å². The number of carbonyl (C=O) groups excluding carboxylic acids is 1. The molecule has 5 nitrogen and oxygen atoms in total. The molecule has 4 rings (SSSR count). The standard InChI is InChI=1S/C25H25ClN2O3/c1-16-7-9-20(10-8-16)27-25(29)28-12-11-17-14-22(30-2)23(31-3)15-21(17)24(28)18-5-4-6-19(26)13-18/h4-10,13-15,24H,11-12H2,1-3H3,(H,27,29)/t24-/m0/s1. The van der Waals surface area contributed by atoms with Crippen LogP contribution in [0.2, 0.25) is 5.02 Å². The Morgan fingerprint density at radius 3 is 2.42 bits per heavy atom. The van der Waals surface area contributed by atoms with Crippen molar-refractivity contribution in [1.82, 2.24) is 4.90 Å². The number of nitrogens with one attached hydrogen (secondary N) is 1. The topological polar surface area (TPSA) is 50.8 Å². The van der Waals surface area contributed by atoms with Gasteiger partial charge in [-0.2, -0.15) is 0 Å². The van der Waals surface area contributed by atoms with E-state index in [2.05, 4.69) is 5.32 Å². The number of hydrogen-bond donors (Lipinski definition) is 1. The molecule has 1 N–H and O–H groups in total. The largest absolute Gasteiger partial charge is 0.493 e. The van der Waals surface area contributed by atoms with Crippen LogP contribution in [0.3, 0.4) is 0 Å². The predicted molar refractivity (Wildman–Crippen MR) is 123 cm³/mol. The van der Waals surface area contributed by atoms with Gasteiger partial charge in [0.15, 0.2) is 11.5 Å². The molecule has 1 atom stereocenters. The summed E-state index contributed by atoms with van der Waals surface area (Å²) < 4.78 is 11.0. The molecule has 0 saturated heterocycles.